The third kappa shape index (κ3) is 3.64. The second-order valence-corrected chi connectivity index (χ2v) is 7.27. The lowest BCUT2D eigenvalue weighted by Crippen LogP contribution is -2.70. The molecule has 2 heterocycles. The van der Waals surface area contributed by atoms with Crippen LogP contribution in [0.1, 0.15) is 5.56 Å². The highest BCUT2D eigenvalue weighted by atomic mass is 35.5. The first-order chi connectivity index (χ1) is 12.5. The van der Waals surface area contributed by atoms with Crippen molar-refractivity contribution in [2.24, 2.45) is 0 Å². The second kappa shape index (κ2) is 7.97. The van der Waals surface area contributed by atoms with Gasteiger partial charge in [-0.2, -0.15) is 0 Å². The smallest absolute Gasteiger partial charge is 0.352 e. The van der Waals surface area contributed by atoms with Crippen molar-refractivity contribution in [1.82, 2.24) is 10.2 Å². The molecule has 0 saturated carbocycles. The number of nitrogens with zero attached hydrogens (tertiary/aromatic N) is 1. The molecule has 2 N–H and O–H groups in total. The zero-order valence-corrected chi connectivity index (χ0v) is 15.3. The summed E-state index contributed by atoms with van der Waals surface area (Å²) in [5, 5.41) is 11.8. The Morgan fingerprint density at radius 2 is 2.08 bits per heavy atom. The summed E-state index contributed by atoms with van der Waals surface area (Å²) in [7, 11) is 0. The predicted octanol–water partition coefficient (Wildman–Crippen LogP) is 1.76. The molecule has 0 aliphatic carbocycles. The molecule has 2 aliphatic heterocycles. The lowest BCUT2D eigenvalue weighted by atomic mass is 10.0. The van der Waals surface area contributed by atoms with Gasteiger partial charge in [-0.1, -0.05) is 42.5 Å². The topological polar surface area (TPSA) is 86.7 Å². The molecular formula is C18H17ClN2O4S. The molecule has 26 heavy (non-hydrogen) atoms. The molecule has 2 aliphatic rings. The molecule has 1 saturated heterocycles. The van der Waals surface area contributed by atoms with Gasteiger partial charge in [0.1, 0.15) is 17.1 Å². The first-order valence-corrected chi connectivity index (χ1v) is 9.58. The number of carboxylic acid groups (broad SMARTS) is 1. The second-order valence-electron chi connectivity index (χ2n) is 5.85. The molecule has 0 bridgehead atoms. The number of thioether (sulfide) groups is 1. The molecule has 2 amide bonds. The summed E-state index contributed by atoms with van der Waals surface area (Å²) in [5.41, 5.74) is 1.36. The Hall–Kier alpha value is -2.25. The third-order valence-corrected chi connectivity index (χ3v) is 5.61. The molecule has 1 aromatic rings. The molecule has 1 aromatic carbocycles. The van der Waals surface area contributed by atoms with Crippen LogP contribution in [0.15, 0.2) is 53.8 Å². The molecule has 3 rings (SSSR count). The average molecular weight is 393 g/mol. The number of aliphatic carboxylic acids is 1. The number of hydrogen-bond acceptors (Lipinski definition) is 4. The number of nitrogens with one attached hydrogen (secondary N) is 1. The highest BCUT2D eigenvalue weighted by molar-refractivity contribution is 8.00. The summed E-state index contributed by atoms with van der Waals surface area (Å²) < 4.78 is 0. The largest absolute Gasteiger partial charge is 0.477 e. The van der Waals surface area contributed by atoms with Crippen LogP contribution in [-0.4, -0.2) is 50.8 Å². The van der Waals surface area contributed by atoms with E-state index in [-0.39, 0.29) is 23.9 Å². The van der Waals surface area contributed by atoms with E-state index in [1.807, 2.05) is 30.3 Å². The molecule has 0 radical (unpaired) electrons. The maximum atomic E-state index is 12.5. The van der Waals surface area contributed by atoms with Crippen LogP contribution in [0.4, 0.5) is 0 Å². The van der Waals surface area contributed by atoms with Gasteiger partial charge in [-0.25, -0.2) is 4.79 Å². The molecule has 8 heteroatoms. The molecule has 0 spiro atoms. The number of benzene rings is 1. The van der Waals surface area contributed by atoms with E-state index in [0.717, 1.165) is 5.56 Å². The Balaban J connectivity index is 1.71. The van der Waals surface area contributed by atoms with Gasteiger partial charge >= 0.3 is 5.97 Å². The molecule has 1 fully saturated rings. The quantitative estimate of drug-likeness (QED) is 0.569. The number of allylic oxidation sites excluding steroid dienone is 2. The fraction of sp³-hybridized carbons (Fsp3) is 0.278. The number of carbonyl (C=O) groups is 3. The van der Waals surface area contributed by atoms with Crippen molar-refractivity contribution in [1.29, 1.82) is 0 Å². The van der Waals surface area contributed by atoms with Crippen LogP contribution >= 0.6 is 23.4 Å². The van der Waals surface area contributed by atoms with Gasteiger partial charge in [0.15, 0.2) is 0 Å². The van der Waals surface area contributed by atoms with Crippen molar-refractivity contribution < 1.29 is 19.5 Å². The van der Waals surface area contributed by atoms with E-state index in [0.29, 0.717) is 11.3 Å². The summed E-state index contributed by atoms with van der Waals surface area (Å²) in [5.74, 6) is -1.13. The number of hydrogen-bond donors (Lipinski definition) is 2. The summed E-state index contributed by atoms with van der Waals surface area (Å²) in [6.45, 7) is 0. The normalized spacial score (nSPS) is 22.2. The molecule has 2 atom stereocenters. The Morgan fingerprint density at radius 1 is 1.35 bits per heavy atom. The minimum absolute atomic E-state index is 0.0336. The molecule has 6 nitrogen and oxygen atoms in total. The van der Waals surface area contributed by atoms with Crippen molar-refractivity contribution in [2.75, 3.05) is 11.6 Å². The maximum absolute atomic E-state index is 12.5. The van der Waals surface area contributed by atoms with E-state index in [2.05, 4.69) is 5.32 Å². The van der Waals surface area contributed by atoms with E-state index < -0.39 is 23.3 Å². The van der Waals surface area contributed by atoms with E-state index in [1.54, 1.807) is 12.2 Å². The number of rotatable bonds is 6. The summed E-state index contributed by atoms with van der Waals surface area (Å²) in [6.07, 6.45) is 3.45. The number of β-lactam (4-membered cyclic amide) rings is 1. The van der Waals surface area contributed by atoms with Crippen LogP contribution in [0.25, 0.3) is 0 Å². The highest BCUT2D eigenvalue weighted by Gasteiger charge is 2.53. The molecule has 0 unspecified atom stereocenters. The standard InChI is InChI=1S/C18H17ClN2O4S/c19-8-4-7-12-10-26-17-14(16(23)21(17)15(12)18(24)25)20-13(22)9-11-5-2-1-3-6-11/h1-7,14,17H,8-10H2,(H,20,22)(H,24,25)/b7-4-/t14-,17-/m1/s1. The monoisotopic (exact) mass is 392 g/mol. The van der Waals surface area contributed by atoms with E-state index >= 15 is 0 Å². The van der Waals surface area contributed by atoms with Gasteiger partial charge in [-0.05, 0) is 11.1 Å². The van der Waals surface area contributed by atoms with Crippen LogP contribution in [0.5, 0.6) is 0 Å². The first-order valence-electron chi connectivity index (χ1n) is 8.00. The first kappa shape index (κ1) is 18.5. The summed E-state index contributed by atoms with van der Waals surface area (Å²) >= 11 is 7.04. The average Bonchev–Trinajstić information content (AvgIpc) is 2.64. The number of fused-ring (bicyclic) bond motifs is 1. The van der Waals surface area contributed by atoms with Gasteiger partial charge in [-0.3, -0.25) is 14.5 Å². The number of amides is 2. The van der Waals surface area contributed by atoms with E-state index in [1.165, 1.54) is 16.7 Å². The zero-order chi connectivity index (χ0) is 18.7. The van der Waals surface area contributed by atoms with Crippen LogP contribution in [0.3, 0.4) is 0 Å². The minimum atomic E-state index is -1.16. The molecule has 0 aromatic heterocycles. The van der Waals surface area contributed by atoms with Crippen LogP contribution in [0.2, 0.25) is 0 Å². The van der Waals surface area contributed by atoms with Crippen molar-refractivity contribution in [3.63, 3.8) is 0 Å². The minimum Gasteiger partial charge on any atom is -0.477 e. The van der Waals surface area contributed by atoms with E-state index in [4.69, 9.17) is 11.6 Å². The zero-order valence-electron chi connectivity index (χ0n) is 13.7. The summed E-state index contributed by atoms with van der Waals surface area (Å²) in [6, 6.07) is 8.52. The van der Waals surface area contributed by atoms with Crippen molar-refractivity contribution in [2.45, 2.75) is 17.8 Å². The Kier molecular flexibility index (Phi) is 5.68. The van der Waals surface area contributed by atoms with Crippen LogP contribution in [-0.2, 0) is 20.8 Å². The molecule has 136 valence electrons. The Labute approximate surface area is 159 Å². The van der Waals surface area contributed by atoms with Gasteiger partial charge < -0.3 is 10.4 Å². The highest BCUT2D eigenvalue weighted by Crippen LogP contribution is 2.40. The van der Waals surface area contributed by atoms with Gasteiger partial charge in [0, 0.05) is 11.6 Å². The Bertz CT molecular complexity index is 794. The summed E-state index contributed by atoms with van der Waals surface area (Å²) in [4.78, 5) is 37.5. The maximum Gasteiger partial charge on any atom is 0.352 e. The van der Waals surface area contributed by atoms with E-state index in [9.17, 15) is 19.5 Å². The van der Waals surface area contributed by atoms with Crippen molar-refractivity contribution in [3.05, 3.63) is 59.3 Å². The fourth-order valence-electron chi connectivity index (χ4n) is 2.96. The number of halogens is 1. The SMILES string of the molecule is O=C(Cc1ccccc1)N[C@@H]1C(=O)N2C(C(=O)O)=C(/C=C\CCl)CS[C@H]12. The number of carboxylic acids is 1. The number of alkyl halides is 1. The van der Waals surface area contributed by atoms with Gasteiger partial charge in [0.2, 0.25) is 5.91 Å². The van der Waals surface area contributed by atoms with Crippen LogP contribution in [0, 0.1) is 0 Å². The predicted molar refractivity (Wildman–Crippen MR) is 99.7 cm³/mol. The van der Waals surface area contributed by atoms with Crippen LogP contribution < -0.4 is 5.32 Å². The third-order valence-electron chi connectivity index (χ3n) is 4.13. The van der Waals surface area contributed by atoms with Gasteiger partial charge in [-0.15, -0.1) is 23.4 Å². The fourth-order valence-corrected chi connectivity index (χ4v) is 4.37. The van der Waals surface area contributed by atoms with Crippen molar-refractivity contribution >= 4 is 41.1 Å². The molecular weight excluding hydrogens is 376 g/mol. The Morgan fingerprint density at radius 3 is 2.73 bits per heavy atom. The lowest BCUT2D eigenvalue weighted by molar-refractivity contribution is -0.150. The number of carbonyl (C=O) groups excluding carboxylic acids is 2. The van der Waals surface area contributed by atoms with Crippen molar-refractivity contribution in [3.8, 4) is 0 Å². The van der Waals surface area contributed by atoms with Gasteiger partial charge in [0.25, 0.3) is 5.91 Å². The lowest BCUT2D eigenvalue weighted by Gasteiger charge is -2.49. The van der Waals surface area contributed by atoms with Gasteiger partial charge in [0.05, 0.1) is 6.42 Å².